The molecule has 2 fully saturated rings. The number of nitrogens with zero attached hydrogens (tertiary/aromatic N) is 4. The zero-order valence-corrected chi connectivity index (χ0v) is 22.9. The molecule has 2 aliphatic carbocycles. The van der Waals surface area contributed by atoms with E-state index < -0.39 is 0 Å². The van der Waals surface area contributed by atoms with Crippen molar-refractivity contribution in [3.8, 4) is 0 Å². The van der Waals surface area contributed by atoms with Crippen molar-refractivity contribution in [2.75, 3.05) is 37.6 Å². The smallest absolute Gasteiger partial charge is 0.113 e. The molecule has 1 saturated carbocycles. The van der Waals surface area contributed by atoms with Gasteiger partial charge in [-0.2, -0.15) is 0 Å². The second kappa shape index (κ2) is 11.6. The molecule has 0 unspecified atom stereocenters. The molecule has 1 saturated heterocycles. The molecule has 5 heteroatoms. The van der Waals surface area contributed by atoms with E-state index in [0.29, 0.717) is 6.04 Å². The van der Waals surface area contributed by atoms with Crippen molar-refractivity contribution in [2.24, 2.45) is 0 Å². The summed E-state index contributed by atoms with van der Waals surface area (Å²) in [5, 5.41) is 1.31. The predicted octanol–water partition coefficient (Wildman–Crippen LogP) is 5.50. The molecule has 3 aliphatic rings. The van der Waals surface area contributed by atoms with Crippen LogP contribution in [0.4, 0.5) is 5.69 Å². The molecule has 0 spiro atoms. The molecule has 0 atom stereocenters. The van der Waals surface area contributed by atoms with Crippen molar-refractivity contribution in [2.45, 2.75) is 64.6 Å². The number of anilines is 1. The van der Waals surface area contributed by atoms with Gasteiger partial charge in [-0.3, -0.25) is 14.8 Å². The fourth-order valence-electron chi connectivity index (χ4n) is 6.59. The first-order chi connectivity index (χ1) is 18.7. The molecule has 0 N–H and O–H groups in total. The van der Waals surface area contributed by atoms with Crippen LogP contribution < -0.4 is 10.4 Å². The zero-order valence-electron chi connectivity index (χ0n) is 22.9. The Labute approximate surface area is 230 Å². The highest BCUT2D eigenvalue weighted by Gasteiger charge is 2.26. The number of rotatable bonds is 8. The summed E-state index contributed by atoms with van der Waals surface area (Å²) < 4.78 is 0. The first-order valence-electron chi connectivity index (χ1n) is 14.7. The van der Waals surface area contributed by atoms with E-state index in [0.717, 1.165) is 51.3 Å². The number of hydrogen-bond acceptors (Lipinski definition) is 4. The topological polar surface area (TPSA) is 22.6 Å². The van der Waals surface area contributed by atoms with Crippen molar-refractivity contribution in [3.05, 3.63) is 77.8 Å². The van der Waals surface area contributed by atoms with Crippen LogP contribution in [0.15, 0.2) is 54.7 Å². The van der Waals surface area contributed by atoms with Gasteiger partial charge < -0.3 is 4.90 Å². The third-order valence-electron chi connectivity index (χ3n) is 8.83. The van der Waals surface area contributed by atoms with Crippen LogP contribution >= 0.6 is 0 Å². The number of hydrogen-bond donors (Lipinski definition) is 0. The number of benzene rings is 2. The van der Waals surface area contributed by atoms with E-state index in [9.17, 15) is 0 Å². The molecule has 6 rings (SSSR count). The second-order valence-electron chi connectivity index (χ2n) is 11.3. The van der Waals surface area contributed by atoms with E-state index in [4.69, 9.17) is 12.8 Å². The van der Waals surface area contributed by atoms with Gasteiger partial charge in [0, 0.05) is 74.6 Å². The van der Waals surface area contributed by atoms with Crippen LogP contribution in [0.25, 0.3) is 16.5 Å². The molecule has 0 amide bonds. The summed E-state index contributed by atoms with van der Waals surface area (Å²) in [6.07, 6.45) is 14.7. The summed E-state index contributed by atoms with van der Waals surface area (Å²) in [5.74, 6) is 0. The molecule has 2 heterocycles. The SMILES string of the molecule is [B]c1ccc(N2CCN(Cc3cc(CN(CC)C4CCCCCC4)c(C4=C[CH]4)c4ncccc34)CC2)cc1. The third kappa shape index (κ3) is 5.69. The maximum Gasteiger partial charge on any atom is 0.113 e. The van der Waals surface area contributed by atoms with Gasteiger partial charge in [-0.15, -0.1) is 0 Å². The molecular formula is C33H40BN4. The maximum absolute atomic E-state index is 5.90. The summed E-state index contributed by atoms with van der Waals surface area (Å²) in [5.41, 5.74) is 8.88. The predicted molar refractivity (Wildman–Crippen MR) is 161 cm³/mol. The van der Waals surface area contributed by atoms with Crippen LogP contribution in [-0.4, -0.2) is 61.4 Å². The molecule has 3 radical (unpaired) electrons. The number of fused-ring (bicyclic) bond motifs is 1. The fourth-order valence-corrected chi connectivity index (χ4v) is 6.59. The van der Waals surface area contributed by atoms with Gasteiger partial charge in [0.1, 0.15) is 7.85 Å². The summed E-state index contributed by atoms with van der Waals surface area (Å²) >= 11 is 0. The highest BCUT2D eigenvalue weighted by atomic mass is 15.3. The molecule has 3 aromatic rings. The second-order valence-corrected chi connectivity index (χ2v) is 11.3. The Morgan fingerprint density at radius 3 is 2.37 bits per heavy atom. The molecule has 0 bridgehead atoms. The maximum atomic E-state index is 5.90. The van der Waals surface area contributed by atoms with Gasteiger partial charge in [0.25, 0.3) is 0 Å². The average Bonchev–Trinajstić information content (AvgIpc) is 3.81. The molecule has 195 valence electrons. The molecule has 38 heavy (non-hydrogen) atoms. The normalized spacial score (nSPS) is 19.1. The quantitative estimate of drug-likeness (QED) is 0.299. The lowest BCUT2D eigenvalue weighted by molar-refractivity contribution is 0.179. The third-order valence-corrected chi connectivity index (χ3v) is 8.83. The van der Waals surface area contributed by atoms with Crippen molar-refractivity contribution < 1.29 is 0 Å². The number of piperazine rings is 1. The summed E-state index contributed by atoms with van der Waals surface area (Å²) in [4.78, 5) is 12.8. The van der Waals surface area contributed by atoms with Gasteiger partial charge in [0.05, 0.1) is 5.52 Å². The first kappa shape index (κ1) is 25.6. The van der Waals surface area contributed by atoms with Crippen LogP contribution in [0.3, 0.4) is 0 Å². The van der Waals surface area contributed by atoms with Crippen molar-refractivity contribution in [1.29, 1.82) is 0 Å². The van der Waals surface area contributed by atoms with Gasteiger partial charge in [-0.25, -0.2) is 0 Å². The van der Waals surface area contributed by atoms with Gasteiger partial charge in [-0.05, 0) is 54.3 Å². The van der Waals surface area contributed by atoms with Gasteiger partial charge in [0.15, 0.2) is 0 Å². The summed E-state index contributed by atoms with van der Waals surface area (Å²) in [7, 11) is 5.90. The Balaban J connectivity index is 1.25. The number of allylic oxidation sites excluding steroid dienone is 2. The molecule has 1 aliphatic heterocycles. The Hall–Kier alpha value is -2.63. The molecule has 2 aromatic carbocycles. The molecule has 4 nitrogen and oxygen atoms in total. The monoisotopic (exact) mass is 503 g/mol. The minimum Gasteiger partial charge on any atom is -0.369 e. The standard InChI is InChI=1S/C33H40BN4/c1-2-37(29-8-5-3-4-6-9-29)24-27-22-26(31-10-7-17-35-33(31)32(27)25-11-12-25)23-36-18-20-38(21-19-36)30-15-13-28(34)14-16-30/h7,10-17,22,29H,2-6,8-9,18-21,23-24H2,1H3. The van der Waals surface area contributed by atoms with E-state index >= 15 is 0 Å². The van der Waals surface area contributed by atoms with E-state index in [1.165, 1.54) is 77.4 Å². The first-order valence-corrected chi connectivity index (χ1v) is 14.7. The van der Waals surface area contributed by atoms with E-state index in [2.05, 4.69) is 64.5 Å². The van der Waals surface area contributed by atoms with Crippen LogP contribution in [0.5, 0.6) is 0 Å². The molecule has 1 aromatic heterocycles. The van der Waals surface area contributed by atoms with E-state index in [1.54, 1.807) is 0 Å². The van der Waals surface area contributed by atoms with E-state index in [1.807, 2.05) is 18.3 Å². The lowest BCUT2D eigenvalue weighted by Gasteiger charge is -2.36. The highest BCUT2D eigenvalue weighted by molar-refractivity contribution is 6.32. The highest BCUT2D eigenvalue weighted by Crippen LogP contribution is 2.39. The van der Waals surface area contributed by atoms with Crippen molar-refractivity contribution in [1.82, 2.24) is 14.8 Å². The van der Waals surface area contributed by atoms with Crippen LogP contribution in [-0.2, 0) is 13.1 Å². The van der Waals surface area contributed by atoms with Crippen LogP contribution in [0.2, 0.25) is 0 Å². The van der Waals surface area contributed by atoms with Gasteiger partial charge >= 0.3 is 0 Å². The van der Waals surface area contributed by atoms with Crippen molar-refractivity contribution >= 4 is 35.5 Å². The minimum atomic E-state index is 0.705. The average molecular weight is 504 g/mol. The Kier molecular flexibility index (Phi) is 7.85. The van der Waals surface area contributed by atoms with Crippen LogP contribution in [0.1, 0.15) is 62.1 Å². The number of pyridine rings is 1. The van der Waals surface area contributed by atoms with Crippen molar-refractivity contribution in [3.63, 3.8) is 0 Å². The Bertz CT molecular complexity index is 1270. The lowest BCUT2D eigenvalue weighted by Crippen LogP contribution is -2.46. The van der Waals surface area contributed by atoms with Gasteiger partial charge in [-0.1, -0.05) is 68.4 Å². The van der Waals surface area contributed by atoms with E-state index in [-0.39, 0.29) is 0 Å². The summed E-state index contributed by atoms with van der Waals surface area (Å²) in [6, 6.07) is 15.9. The molecular weight excluding hydrogens is 463 g/mol. The Morgan fingerprint density at radius 2 is 1.68 bits per heavy atom. The number of aromatic nitrogens is 1. The van der Waals surface area contributed by atoms with Crippen LogP contribution in [0, 0.1) is 6.42 Å². The zero-order chi connectivity index (χ0) is 25.9. The largest absolute Gasteiger partial charge is 0.369 e. The minimum absolute atomic E-state index is 0.705. The fraction of sp³-hybridized carbons (Fsp3) is 0.455. The van der Waals surface area contributed by atoms with Gasteiger partial charge in [0.2, 0.25) is 0 Å². The lowest BCUT2D eigenvalue weighted by atomic mass is 9.94. The summed E-state index contributed by atoms with van der Waals surface area (Å²) in [6.45, 7) is 9.64. The Morgan fingerprint density at radius 1 is 0.947 bits per heavy atom.